The maximum Gasteiger partial charge on any atom is 0.122 e. The number of rotatable bonds is 5. The highest BCUT2D eigenvalue weighted by Crippen LogP contribution is 2.32. The van der Waals surface area contributed by atoms with Crippen LogP contribution in [0.15, 0.2) is 18.2 Å². The van der Waals surface area contributed by atoms with Crippen molar-refractivity contribution in [2.24, 2.45) is 5.92 Å². The van der Waals surface area contributed by atoms with Crippen LogP contribution in [0.1, 0.15) is 43.4 Å². The van der Waals surface area contributed by atoms with Crippen LogP contribution in [-0.4, -0.2) is 11.7 Å². The molecule has 1 saturated carbocycles. The summed E-state index contributed by atoms with van der Waals surface area (Å²) in [4.78, 5) is 0. The van der Waals surface area contributed by atoms with E-state index in [1.165, 1.54) is 19.3 Å². The van der Waals surface area contributed by atoms with Gasteiger partial charge in [0.2, 0.25) is 0 Å². The van der Waals surface area contributed by atoms with Crippen molar-refractivity contribution in [3.63, 3.8) is 0 Å². The molecule has 0 radical (unpaired) electrons. The molecule has 1 aromatic rings. The fourth-order valence-electron chi connectivity index (χ4n) is 1.84. The first-order valence-corrected chi connectivity index (χ1v) is 6.08. The molecule has 16 heavy (non-hydrogen) atoms. The van der Waals surface area contributed by atoms with Gasteiger partial charge in [-0.05, 0) is 49.4 Å². The standard InChI is InChI=1S/C14H20O2/c1-10-9-13(11(2)15)5-6-14(10)16-8-7-12-3-4-12/h5-6,9,11-12,15H,3-4,7-8H2,1-2H3. The first-order valence-electron chi connectivity index (χ1n) is 6.08. The van der Waals surface area contributed by atoms with Gasteiger partial charge in [-0.3, -0.25) is 0 Å². The molecule has 1 aromatic carbocycles. The first kappa shape index (κ1) is 11.5. The van der Waals surface area contributed by atoms with E-state index in [1.807, 2.05) is 25.1 Å². The Hall–Kier alpha value is -1.02. The Kier molecular flexibility index (Phi) is 3.49. The topological polar surface area (TPSA) is 29.5 Å². The summed E-state index contributed by atoms with van der Waals surface area (Å²) < 4.78 is 5.74. The van der Waals surface area contributed by atoms with Crippen LogP contribution in [0.5, 0.6) is 5.75 Å². The SMILES string of the molecule is Cc1cc(C(C)O)ccc1OCCC1CC1. The first-order chi connectivity index (χ1) is 7.66. The molecule has 2 rings (SSSR count). The van der Waals surface area contributed by atoms with Crippen molar-refractivity contribution in [3.8, 4) is 5.75 Å². The van der Waals surface area contributed by atoms with Gasteiger partial charge in [0.25, 0.3) is 0 Å². The second-order valence-electron chi connectivity index (χ2n) is 4.78. The predicted octanol–water partition coefficient (Wildman–Crippen LogP) is 3.23. The van der Waals surface area contributed by atoms with Gasteiger partial charge in [-0.2, -0.15) is 0 Å². The Morgan fingerprint density at radius 1 is 1.44 bits per heavy atom. The van der Waals surface area contributed by atoms with E-state index in [0.717, 1.165) is 29.4 Å². The molecule has 0 heterocycles. The summed E-state index contributed by atoms with van der Waals surface area (Å²) >= 11 is 0. The quantitative estimate of drug-likeness (QED) is 0.825. The summed E-state index contributed by atoms with van der Waals surface area (Å²) in [7, 11) is 0. The summed E-state index contributed by atoms with van der Waals surface area (Å²) in [5.74, 6) is 1.86. The lowest BCUT2D eigenvalue weighted by Crippen LogP contribution is -2.00. The zero-order valence-electron chi connectivity index (χ0n) is 10.1. The molecule has 1 aliphatic rings. The van der Waals surface area contributed by atoms with Crippen molar-refractivity contribution < 1.29 is 9.84 Å². The summed E-state index contributed by atoms with van der Waals surface area (Å²) in [6.07, 6.45) is 3.53. The third kappa shape index (κ3) is 2.99. The highest BCUT2D eigenvalue weighted by Gasteiger charge is 2.20. The van der Waals surface area contributed by atoms with Crippen molar-refractivity contribution in [1.82, 2.24) is 0 Å². The average Bonchev–Trinajstić information content (AvgIpc) is 3.04. The van der Waals surface area contributed by atoms with E-state index in [2.05, 4.69) is 0 Å². The fraction of sp³-hybridized carbons (Fsp3) is 0.571. The Bertz CT molecular complexity index is 354. The van der Waals surface area contributed by atoms with E-state index in [9.17, 15) is 5.11 Å². The Morgan fingerprint density at radius 3 is 2.75 bits per heavy atom. The van der Waals surface area contributed by atoms with Crippen LogP contribution >= 0.6 is 0 Å². The molecule has 0 bridgehead atoms. The van der Waals surface area contributed by atoms with Gasteiger partial charge in [0.15, 0.2) is 0 Å². The summed E-state index contributed by atoms with van der Waals surface area (Å²) in [6.45, 7) is 4.63. The zero-order valence-corrected chi connectivity index (χ0v) is 10.1. The van der Waals surface area contributed by atoms with Crippen LogP contribution in [0.4, 0.5) is 0 Å². The van der Waals surface area contributed by atoms with Gasteiger partial charge in [0.1, 0.15) is 5.75 Å². The average molecular weight is 220 g/mol. The molecule has 1 N–H and O–H groups in total. The molecule has 1 aliphatic carbocycles. The molecule has 2 heteroatoms. The maximum atomic E-state index is 9.46. The zero-order chi connectivity index (χ0) is 11.5. The van der Waals surface area contributed by atoms with E-state index in [4.69, 9.17) is 4.74 Å². The van der Waals surface area contributed by atoms with Gasteiger partial charge in [-0.15, -0.1) is 0 Å². The van der Waals surface area contributed by atoms with Gasteiger partial charge in [-0.1, -0.05) is 18.9 Å². The van der Waals surface area contributed by atoms with Crippen LogP contribution in [0, 0.1) is 12.8 Å². The van der Waals surface area contributed by atoms with Crippen LogP contribution in [-0.2, 0) is 0 Å². The predicted molar refractivity (Wildman–Crippen MR) is 64.6 cm³/mol. The molecule has 88 valence electrons. The van der Waals surface area contributed by atoms with Gasteiger partial charge in [0, 0.05) is 0 Å². The van der Waals surface area contributed by atoms with Crippen molar-refractivity contribution >= 4 is 0 Å². The van der Waals surface area contributed by atoms with Gasteiger partial charge in [0.05, 0.1) is 12.7 Å². The number of aryl methyl sites for hydroxylation is 1. The molecular weight excluding hydrogens is 200 g/mol. The van der Waals surface area contributed by atoms with E-state index >= 15 is 0 Å². The lowest BCUT2D eigenvalue weighted by molar-refractivity contribution is 0.199. The second kappa shape index (κ2) is 4.88. The third-order valence-electron chi connectivity index (χ3n) is 3.16. The fourth-order valence-corrected chi connectivity index (χ4v) is 1.84. The van der Waals surface area contributed by atoms with Crippen LogP contribution in [0.3, 0.4) is 0 Å². The third-order valence-corrected chi connectivity index (χ3v) is 3.16. The van der Waals surface area contributed by atoms with E-state index < -0.39 is 6.10 Å². The number of ether oxygens (including phenoxy) is 1. The van der Waals surface area contributed by atoms with Crippen LogP contribution < -0.4 is 4.74 Å². The molecule has 0 aromatic heterocycles. The highest BCUT2D eigenvalue weighted by atomic mass is 16.5. The lowest BCUT2D eigenvalue weighted by atomic mass is 10.1. The molecule has 1 unspecified atom stereocenters. The van der Waals surface area contributed by atoms with Crippen molar-refractivity contribution in [2.75, 3.05) is 6.61 Å². The number of aliphatic hydroxyl groups is 1. The van der Waals surface area contributed by atoms with Crippen molar-refractivity contribution in [1.29, 1.82) is 0 Å². The summed E-state index contributed by atoms with van der Waals surface area (Å²) in [6, 6.07) is 5.89. The molecule has 0 aliphatic heterocycles. The summed E-state index contributed by atoms with van der Waals surface area (Å²) in [5.41, 5.74) is 2.06. The number of benzene rings is 1. The summed E-state index contributed by atoms with van der Waals surface area (Å²) in [5, 5.41) is 9.46. The minimum absolute atomic E-state index is 0.404. The van der Waals surface area contributed by atoms with Crippen molar-refractivity contribution in [2.45, 2.75) is 39.2 Å². The molecule has 0 amide bonds. The number of aliphatic hydroxyl groups excluding tert-OH is 1. The molecule has 0 spiro atoms. The monoisotopic (exact) mass is 220 g/mol. The van der Waals surface area contributed by atoms with E-state index in [1.54, 1.807) is 6.92 Å². The molecular formula is C14H20O2. The Morgan fingerprint density at radius 2 is 2.19 bits per heavy atom. The largest absolute Gasteiger partial charge is 0.493 e. The van der Waals surface area contributed by atoms with E-state index in [0.29, 0.717) is 0 Å². The van der Waals surface area contributed by atoms with E-state index in [-0.39, 0.29) is 0 Å². The number of hydrogen-bond donors (Lipinski definition) is 1. The maximum absolute atomic E-state index is 9.46. The van der Waals surface area contributed by atoms with Gasteiger partial charge >= 0.3 is 0 Å². The Balaban J connectivity index is 1.92. The molecule has 1 fully saturated rings. The molecule has 1 atom stereocenters. The normalized spacial score (nSPS) is 17.2. The Labute approximate surface area is 97.3 Å². The lowest BCUT2D eigenvalue weighted by Gasteiger charge is -2.11. The highest BCUT2D eigenvalue weighted by molar-refractivity contribution is 5.36. The minimum Gasteiger partial charge on any atom is -0.493 e. The minimum atomic E-state index is -0.404. The van der Waals surface area contributed by atoms with Gasteiger partial charge in [-0.25, -0.2) is 0 Å². The second-order valence-corrected chi connectivity index (χ2v) is 4.78. The number of hydrogen-bond acceptors (Lipinski definition) is 2. The van der Waals surface area contributed by atoms with Crippen LogP contribution in [0.2, 0.25) is 0 Å². The smallest absolute Gasteiger partial charge is 0.122 e. The van der Waals surface area contributed by atoms with Gasteiger partial charge < -0.3 is 9.84 Å². The molecule has 2 nitrogen and oxygen atoms in total. The van der Waals surface area contributed by atoms with Crippen molar-refractivity contribution in [3.05, 3.63) is 29.3 Å². The van der Waals surface area contributed by atoms with Crippen LogP contribution in [0.25, 0.3) is 0 Å². The molecule has 0 saturated heterocycles.